The molecule has 1 heterocycles. The molecule has 122 valence electrons. The largest absolute Gasteiger partial charge is 0.497 e. The van der Waals surface area contributed by atoms with Crippen LogP contribution in [0.3, 0.4) is 0 Å². The van der Waals surface area contributed by atoms with Crippen LogP contribution in [0.1, 0.15) is 10.4 Å². The second kappa shape index (κ2) is 8.39. The molecule has 0 fully saturated rings. The first-order chi connectivity index (χ1) is 11.2. The minimum absolute atomic E-state index is 0.0323. The molecule has 0 aliphatic rings. The van der Waals surface area contributed by atoms with Gasteiger partial charge in [0.1, 0.15) is 11.5 Å². The van der Waals surface area contributed by atoms with E-state index in [4.69, 9.17) is 9.47 Å². The van der Waals surface area contributed by atoms with Gasteiger partial charge in [-0.25, -0.2) is 0 Å². The van der Waals surface area contributed by atoms with E-state index in [-0.39, 0.29) is 12.3 Å². The van der Waals surface area contributed by atoms with Crippen molar-refractivity contribution < 1.29 is 14.3 Å². The van der Waals surface area contributed by atoms with Crippen molar-refractivity contribution in [1.29, 1.82) is 0 Å². The Morgan fingerprint density at radius 1 is 1.30 bits per heavy atom. The van der Waals surface area contributed by atoms with Gasteiger partial charge < -0.3 is 14.4 Å². The Bertz CT molecular complexity index is 652. The van der Waals surface area contributed by atoms with Gasteiger partial charge in [-0.2, -0.15) is 0 Å². The Kier molecular flexibility index (Phi) is 6.23. The molecule has 0 spiro atoms. The molecule has 0 saturated heterocycles. The van der Waals surface area contributed by atoms with Gasteiger partial charge in [-0.3, -0.25) is 4.79 Å². The molecule has 1 aromatic carbocycles. The average molecular weight is 331 g/mol. The topological polar surface area (TPSA) is 38.8 Å². The lowest BCUT2D eigenvalue weighted by molar-refractivity contribution is -0.130. The van der Waals surface area contributed by atoms with Crippen LogP contribution in [-0.2, 0) is 17.8 Å². The number of nitrogens with zero attached hydrogens (tertiary/aromatic N) is 1. The number of ether oxygens (including phenoxy) is 2. The van der Waals surface area contributed by atoms with Crippen molar-refractivity contribution in [3.63, 3.8) is 0 Å². The molecule has 5 heteroatoms. The van der Waals surface area contributed by atoms with Crippen LogP contribution in [0, 0.1) is 0 Å². The molecule has 0 unspecified atom stereocenters. The van der Waals surface area contributed by atoms with Crippen molar-refractivity contribution in [2.24, 2.45) is 0 Å². The zero-order chi connectivity index (χ0) is 16.7. The molecule has 0 N–H and O–H groups in total. The first-order valence-corrected chi connectivity index (χ1v) is 8.17. The first-order valence-electron chi connectivity index (χ1n) is 7.30. The van der Waals surface area contributed by atoms with Gasteiger partial charge in [0.15, 0.2) is 0 Å². The van der Waals surface area contributed by atoms with Crippen LogP contribution in [0.4, 0.5) is 0 Å². The lowest BCUT2D eigenvalue weighted by Gasteiger charge is -2.21. The molecular formula is C18H21NO3S. The summed E-state index contributed by atoms with van der Waals surface area (Å²) in [4.78, 5) is 15.6. The Morgan fingerprint density at radius 3 is 2.74 bits per heavy atom. The SMILES string of the molecule is C=CCN(Cc1cccs1)C(=O)Cc1cc(OC)ccc1OC. The number of thiophene rings is 1. The fourth-order valence-electron chi connectivity index (χ4n) is 2.30. The molecule has 0 atom stereocenters. The van der Waals surface area contributed by atoms with E-state index in [1.807, 2.05) is 35.7 Å². The van der Waals surface area contributed by atoms with E-state index >= 15 is 0 Å². The zero-order valence-corrected chi connectivity index (χ0v) is 14.3. The smallest absolute Gasteiger partial charge is 0.227 e. The third-order valence-corrected chi connectivity index (χ3v) is 4.32. The minimum Gasteiger partial charge on any atom is -0.497 e. The molecule has 1 amide bonds. The molecular weight excluding hydrogens is 310 g/mol. The Hall–Kier alpha value is -2.27. The summed E-state index contributed by atoms with van der Waals surface area (Å²) in [7, 11) is 3.21. The Balaban J connectivity index is 2.15. The van der Waals surface area contributed by atoms with Gasteiger partial charge >= 0.3 is 0 Å². The van der Waals surface area contributed by atoms with E-state index in [0.717, 1.165) is 10.4 Å². The predicted molar refractivity (Wildman–Crippen MR) is 93.2 cm³/mol. The van der Waals surface area contributed by atoms with Gasteiger partial charge in [0, 0.05) is 17.0 Å². The van der Waals surface area contributed by atoms with E-state index in [2.05, 4.69) is 6.58 Å². The molecule has 1 aromatic heterocycles. The van der Waals surface area contributed by atoms with E-state index in [0.29, 0.717) is 24.6 Å². The number of carbonyl (C=O) groups is 1. The zero-order valence-electron chi connectivity index (χ0n) is 13.5. The number of carbonyl (C=O) groups excluding carboxylic acids is 1. The summed E-state index contributed by atoms with van der Waals surface area (Å²) in [6.45, 7) is 4.85. The van der Waals surface area contributed by atoms with Gasteiger partial charge in [-0.15, -0.1) is 17.9 Å². The van der Waals surface area contributed by atoms with Crippen molar-refractivity contribution in [1.82, 2.24) is 4.90 Å². The van der Waals surface area contributed by atoms with Crippen molar-refractivity contribution >= 4 is 17.2 Å². The van der Waals surface area contributed by atoms with E-state index in [9.17, 15) is 4.79 Å². The van der Waals surface area contributed by atoms with Gasteiger partial charge in [-0.05, 0) is 29.6 Å². The summed E-state index contributed by atoms with van der Waals surface area (Å²) >= 11 is 1.64. The van der Waals surface area contributed by atoms with Crippen molar-refractivity contribution in [2.45, 2.75) is 13.0 Å². The second-order valence-electron chi connectivity index (χ2n) is 5.00. The quantitative estimate of drug-likeness (QED) is 0.695. The maximum Gasteiger partial charge on any atom is 0.227 e. The standard InChI is InChI=1S/C18H21NO3S/c1-4-9-19(13-16-6-5-10-23-16)18(20)12-14-11-15(21-2)7-8-17(14)22-3/h4-8,10-11H,1,9,12-13H2,2-3H3. The maximum atomic E-state index is 12.7. The van der Waals surface area contributed by atoms with Gasteiger partial charge in [0.25, 0.3) is 0 Å². The van der Waals surface area contributed by atoms with Crippen molar-refractivity contribution in [2.75, 3.05) is 20.8 Å². The summed E-state index contributed by atoms with van der Waals surface area (Å²) in [5.74, 6) is 1.43. The van der Waals surface area contributed by atoms with Crippen LogP contribution in [0.2, 0.25) is 0 Å². The molecule has 4 nitrogen and oxygen atoms in total. The van der Waals surface area contributed by atoms with Crippen molar-refractivity contribution in [3.8, 4) is 11.5 Å². The van der Waals surface area contributed by atoms with Gasteiger partial charge in [-0.1, -0.05) is 12.1 Å². The molecule has 0 aliphatic heterocycles. The lowest BCUT2D eigenvalue weighted by atomic mass is 10.1. The van der Waals surface area contributed by atoms with Crippen molar-refractivity contribution in [3.05, 3.63) is 58.8 Å². The highest BCUT2D eigenvalue weighted by molar-refractivity contribution is 7.09. The number of rotatable bonds is 8. The molecule has 0 aliphatic carbocycles. The first kappa shape index (κ1) is 17.1. The molecule has 23 heavy (non-hydrogen) atoms. The highest BCUT2D eigenvalue weighted by Gasteiger charge is 2.16. The predicted octanol–water partition coefficient (Wildman–Crippen LogP) is 3.52. The molecule has 2 rings (SSSR count). The molecule has 0 radical (unpaired) electrons. The van der Waals surface area contributed by atoms with Gasteiger partial charge in [0.05, 0.1) is 27.2 Å². The summed E-state index contributed by atoms with van der Waals surface area (Å²) < 4.78 is 10.6. The minimum atomic E-state index is 0.0323. The van der Waals surface area contributed by atoms with Crippen LogP contribution >= 0.6 is 11.3 Å². The van der Waals surface area contributed by atoms with Crippen LogP contribution in [0.5, 0.6) is 11.5 Å². The summed E-state index contributed by atoms with van der Waals surface area (Å²) in [5, 5.41) is 2.01. The number of benzene rings is 1. The maximum absolute atomic E-state index is 12.7. The second-order valence-corrected chi connectivity index (χ2v) is 6.03. The molecule has 0 saturated carbocycles. The third-order valence-electron chi connectivity index (χ3n) is 3.46. The van der Waals surface area contributed by atoms with E-state index in [1.54, 1.807) is 36.5 Å². The number of hydrogen-bond donors (Lipinski definition) is 0. The fourth-order valence-corrected chi connectivity index (χ4v) is 3.02. The van der Waals surface area contributed by atoms with Crippen LogP contribution in [-0.4, -0.2) is 31.6 Å². The monoisotopic (exact) mass is 331 g/mol. The normalized spacial score (nSPS) is 10.2. The number of amides is 1. The van der Waals surface area contributed by atoms with Crippen LogP contribution in [0.15, 0.2) is 48.4 Å². The summed E-state index contributed by atoms with van der Waals surface area (Å²) in [6, 6.07) is 9.49. The Morgan fingerprint density at radius 2 is 2.13 bits per heavy atom. The van der Waals surface area contributed by atoms with Crippen LogP contribution < -0.4 is 9.47 Å². The fraction of sp³-hybridized carbons (Fsp3) is 0.278. The highest BCUT2D eigenvalue weighted by atomic mass is 32.1. The van der Waals surface area contributed by atoms with Gasteiger partial charge in [0.2, 0.25) is 5.91 Å². The molecule has 2 aromatic rings. The highest BCUT2D eigenvalue weighted by Crippen LogP contribution is 2.25. The number of methoxy groups -OCH3 is 2. The summed E-state index contributed by atoms with van der Waals surface area (Å²) in [5.41, 5.74) is 0.817. The van der Waals surface area contributed by atoms with E-state index in [1.165, 1.54) is 0 Å². The Labute approximate surface area is 141 Å². The van der Waals surface area contributed by atoms with Crippen LogP contribution in [0.25, 0.3) is 0 Å². The molecule has 0 bridgehead atoms. The average Bonchev–Trinajstić information content (AvgIpc) is 3.07. The lowest BCUT2D eigenvalue weighted by Crippen LogP contribution is -2.31. The number of hydrogen-bond acceptors (Lipinski definition) is 4. The summed E-state index contributed by atoms with van der Waals surface area (Å²) in [6.07, 6.45) is 2.01. The van der Waals surface area contributed by atoms with E-state index < -0.39 is 0 Å². The third kappa shape index (κ3) is 4.60.